The Morgan fingerprint density at radius 1 is 1.05 bits per heavy atom. The van der Waals surface area contributed by atoms with Crippen LogP contribution in [0.15, 0.2) is 66.7 Å². The van der Waals surface area contributed by atoms with Gasteiger partial charge in [-0.05, 0) is 79.7 Å². The summed E-state index contributed by atoms with van der Waals surface area (Å²) >= 11 is 0. The Kier molecular flexibility index (Phi) is 8.18. The Balaban J connectivity index is 1.74. The molecule has 0 spiro atoms. The lowest BCUT2D eigenvalue weighted by molar-refractivity contribution is -0.136. The van der Waals surface area contributed by atoms with Gasteiger partial charge in [-0.1, -0.05) is 18.2 Å². The average molecular weight is 517 g/mol. The average Bonchev–Trinajstić information content (AvgIpc) is 3.19. The fourth-order valence-electron chi connectivity index (χ4n) is 4.43. The van der Waals surface area contributed by atoms with Crippen molar-refractivity contribution >= 4 is 46.1 Å². The van der Waals surface area contributed by atoms with Crippen LogP contribution in [-0.2, 0) is 20.8 Å². The van der Waals surface area contributed by atoms with Crippen LogP contribution >= 0.6 is 0 Å². The molecule has 3 aromatic rings. The number of carbonyl (C=O) groups excluding carboxylic acids is 2. The maximum absolute atomic E-state index is 13.8. The topological polar surface area (TPSA) is 111 Å². The van der Waals surface area contributed by atoms with E-state index in [0.717, 1.165) is 18.7 Å². The van der Waals surface area contributed by atoms with Gasteiger partial charge in [0.25, 0.3) is 5.91 Å². The van der Waals surface area contributed by atoms with Gasteiger partial charge in [-0.2, -0.15) is 0 Å². The molecule has 0 aliphatic carbocycles. The number of halogens is 1. The zero-order valence-corrected chi connectivity index (χ0v) is 21.2. The first kappa shape index (κ1) is 26.6. The minimum atomic E-state index is -0.968. The van der Waals surface area contributed by atoms with Crippen LogP contribution in [0.25, 0.3) is 11.3 Å². The van der Waals surface area contributed by atoms with Crippen molar-refractivity contribution < 1.29 is 23.9 Å². The number of hydrogen-bond acceptors (Lipinski definition) is 5. The molecule has 0 unspecified atom stereocenters. The highest BCUT2D eigenvalue weighted by Gasteiger charge is 2.29. The van der Waals surface area contributed by atoms with E-state index in [9.17, 15) is 23.9 Å². The molecule has 0 aromatic heterocycles. The molecular weight excluding hydrogens is 487 g/mol. The largest absolute Gasteiger partial charge is 0.481 e. The van der Waals surface area contributed by atoms with E-state index in [-0.39, 0.29) is 12.3 Å². The molecule has 0 atom stereocenters. The van der Waals surface area contributed by atoms with E-state index in [1.54, 1.807) is 35.2 Å². The maximum atomic E-state index is 13.8. The van der Waals surface area contributed by atoms with Crippen molar-refractivity contribution in [3.05, 3.63) is 89.2 Å². The molecule has 3 aromatic carbocycles. The van der Waals surface area contributed by atoms with Gasteiger partial charge in [0.15, 0.2) is 0 Å². The van der Waals surface area contributed by atoms with Gasteiger partial charge in [0, 0.05) is 30.4 Å². The highest BCUT2D eigenvalue weighted by Crippen LogP contribution is 2.38. The summed E-state index contributed by atoms with van der Waals surface area (Å²) in [5.41, 5.74) is 4.23. The SMILES string of the molecule is CNCCCN(C(C)=O)c1ccc(N/C(=C2\C(=O)Nc3cc(F)ccc32)c2cccc(CC(=O)O)c2)cc1. The Hall–Kier alpha value is -4.50. The molecule has 0 saturated carbocycles. The molecule has 9 heteroatoms. The molecule has 1 aliphatic rings. The van der Waals surface area contributed by atoms with Crippen molar-refractivity contribution in [1.82, 2.24) is 5.32 Å². The van der Waals surface area contributed by atoms with Gasteiger partial charge in [0.1, 0.15) is 5.82 Å². The molecule has 1 heterocycles. The molecule has 0 saturated heterocycles. The number of nitrogens with zero attached hydrogens (tertiary/aromatic N) is 1. The van der Waals surface area contributed by atoms with Crippen LogP contribution in [0, 0.1) is 5.82 Å². The number of carboxylic acids is 1. The number of carboxylic acid groups (broad SMARTS) is 1. The van der Waals surface area contributed by atoms with Gasteiger partial charge in [-0.3, -0.25) is 14.4 Å². The first-order valence-electron chi connectivity index (χ1n) is 12.2. The second-order valence-corrected chi connectivity index (χ2v) is 8.96. The third-order valence-corrected chi connectivity index (χ3v) is 6.18. The zero-order valence-electron chi connectivity index (χ0n) is 21.2. The van der Waals surface area contributed by atoms with Crippen molar-refractivity contribution in [2.24, 2.45) is 0 Å². The van der Waals surface area contributed by atoms with Crippen molar-refractivity contribution in [3.8, 4) is 0 Å². The number of nitrogens with one attached hydrogen (secondary N) is 3. The van der Waals surface area contributed by atoms with Crippen LogP contribution in [0.5, 0.6) is 0 Å². The molecule has 0 radical (unpaired) electrons. The van der Waals surface area contributed by atoms with Crippen LogP contribution in [-0.4, -0.2) is 43.0 Å². The van der Waals surface area contributed by atoms with Crippen molar-refractivity contribution in [2.75, 3.05) is 35.7 Å². The Morgan fingerprint density at radius 2 is 1.82 bits per heavy atom. The maximum Gasteiger partial charge on any atom is 0.307 e. The number of hydrogen-bond donors (Lipinski definition) is 4. The summed E-state index contributed by atoms with van der Waals surface area (Å²) in [4.78, 5) is 38.3. The van der Waals surface area contributed by atoms with Crippen molar-refractivity contribution in [2.45, 2.75) is 19.8 Å². The molecule has 2 amide bonds. The second-order valence-electron chi connectivity index (χ2n) is 8.96. The van der Waals surface area contributed by atoms with Gasteiger partial charge in [0.2, 0.25) is 5.91 Å². The minimum Gasteiger partial charge on any atom is -0.481 e. The molecule has 4 N–H and O–H groups in total. The molecule has 38 heavy (non-hydrogen) atoms. The number of rotatable bonds is 10. The Bertz CT molecular complexity index is 1400. The van der Waals surface area contributed by atoms with E-state index in [0.29, 0.717) is 45.9 Å². The van der Waals surface area contributed by atoms with Crippen LogP contribution in [0.3, 0.4) is 0 Å². The van der Waals surface area contributed by atoms with E-state index in [1.165, 1.54) is 19.1 Å². The van der Waals surface area contributed by atoms with E-state index in [4.69, 9.17) is 0 Å². The lowest BCUT2D eigenvalue weighted by Crippen LogP contribution is -2.31. The number of anilines is 3. The van der Waals surface area contributed by atoms with Gasteiger partial charge in [-0.25, -0.2) is 4.39 Å². The summed E-state index contributed by atoms with van der Waals surface area (Å²) in [5.74, 6) is -1.90. The van der Waals surface area contributed by atoms with Gasteiger partial charge < -0.3 is 26.0 Å². The van der Waals surface area contributed by atoms with Gasteiger partial charge >= 0.3 is 5.97 Å². The monoisotopic (exact) mass is 516 g/mol. The summed E-state index contributed by atoms with van der Waals surface area (Å²) in [6, 6.07) is 18.3. The smallest absolute Gasteiger partial charge is 0.307 e. The number of carbonyl (C=O) groups is 3. The predicted octanol–water partition coefficient (Wildman–Crippen LogP) is 4.35. The molecule has 1 aliphatic heterocycles. The van der Waals surface area contributed by atoms with Crippen molar-refractivity contribution in [3.63, 3.8) is 0 Å². The van der Waals surface area contributed by atoms with Crippen LogP contribution < -0.4 is 20.9 Å². The van der Waals surface area contributed by atoms with Crippen LogP contribution in [0.1, 0.15) is 30.0 Å². The summed E-state index contributed by atoms with van der Waals surface area (Å²) in [6.07, 6.45) is 0.627. The number of aliphatic carboxylic acids is 1. The quantitative estimate of drug-likeness (QED) is 0.236. The van der Waals surface area contributed by atoms with Gasteiger partial charge in [0.05, 0.1) is 23.4 Å². The van der Waals surface area contributed by atoms with Crippen LogP contribution in [0.4, 0.5) is 21.5 Å². The normalized spacial score (nSPS) is 13.5. The minimum absolute atomic E-state index is 0.0636. The molecule has 4 rings (SSSR count). The van der Waals surface area contributed by atoms with Crippen molar-refractivity contribution in [1.29, 1.82) is 0 Å². The molecule has 0 fully saturated rings. The number of fused-ring (bicyclic) bond motifs is 1. The first-order valence-corrected chi connectivity index (χ1v) is 12.2. The Morgan fingerprint density at radius 3 is 2.50 bits per heavy atom. The lowest BCUT2D eigenvalue weighted by Gasteiger charge is -2.22. The Labute approximate surface area is 220 Å². The lowest BCUT2D eigenvalue weighted by atomic mass is 9.98. The molecule has 8 nitrogen and oxygen atoms in total. The fourth-order valence-corrected chi connectivity index (χ4v) is 4.43. The zero-order chi connectivity index (χ0) is 27.2. The highest BCUT2D eigenvalue weighted by molar-refractivity contribution is 6.37. The highest BCUT2D eigenvalue weighted by atomic mass is 19.1. The van der Waals surface area contributed by atoms with Crippen LogP contribution in [0.2, 0.25) is 0 Å². The number of benzene rings is 3. The second kappa shape index (κ2) is 11.7. The first-order chi connectivity index (χ1) is 18.3. The van der Waals surface area contributed by atoms with E-state index >= 15 is 0 Å². The third kappa shape index (κ3) is 6.07. The standard InChI is InChI=1S/C29H29FN4O4/c1-18(35)34(14-4-13-31-2)23-10-8-22(9-11-23)32-28(20-6-3-5-19(15-20)16-26(36)37)27-24-12-7-21(30)17-25(24)33-29(27)38/h3,5-12,15,17,31-32H,4,13-14,16H2,1-2H3,(H,33,38)(H,36,37)/b28-27-. The molecule has 196 valence electrons. The summed E-state index contributed by atoms with van der Waals surface area (Å²) in [6.45, 7) is 2.88. The van der Waals surface area contributed by atoms with E-state index in [2.05, 4.69) is 16.0 Å². The summed E-state index contributed by atoms with van der Waals surface area (Å²) in [7, 11) is 1.86. The summed E-state index contributed by atoms with van der Waals surface area (Å²) in [5, 5.41) is 18.4. The fraction of sp³-hybridized carbons (Fsp3) is 0.207. The van der Waals surface area contributed by atoms with E-state index in [1.807, 2.05) is 31.3 Å². The predicted molar refractivity (Wildman–Crippen MR) is 146 cm³/mol. The third-order valence-electron chi connectivity index (χ3n) is 6.18. The van der Waals surface area contributed by atoms with E-state index < -0.39 is 17.7 Å². The molecule has 0 bridgehead atoms. The molecular formula is C29H29FN4O4. The number of amides is 2. The van der Waals surface area contributed by atoms with Gasteiger partial charge in [-0.15, -0.1) is 0 Å². The summed E-state index contributed by atoms with van der Waals surface area (Å²) < 4.78 is 13.8.